The third-order valence-electron chi connectivity index (χ3n) is 16.1. The minimum Gasteiger partial charge on any atom is -0.545 e. The van der Waals surface area contributed by atoms with Crippen molar-refractivity contribution < 1.29 is 42.9 Å². The van der Waals surface area contributed by atoms with Crippen molar-refractivity contribution in [1.82, 2.24) is 0 Å². The third-order valence-corrected chi connectivity index (χ3v) is 16.1. The smallest absolute Gasteiger partial charge is 0.306 e. The van der Waals surface area contributed by atoms with Crippen LogP contribution in [0.4, 0.5) is 0 Å². The van der Waals surface area contributed by atoms with E-state index in [-0.39, 0.29) is 38.6 Å². The van der Waals surface area contributed by atoms with E-state index in [1.165, 1.54) is 263 Å². The maximum absolute atomic E-state index is 12.9. The summed E-state index contributed by atoms with van der Waals surface area (Å²) in [6.45, 7) is 4.78. The third kappa shape index (κ3) is 65.1. The number of carbonyl (C=O) groups is 3. The van der Waals surface area contributed by atoms with Gasteiger partial charge >= 0.3 is 11.9 Å². The van der Waals surface area contributed by atoms with Crippen LogP contribution in [-0.4, -0.2) is 82.3 Å². The number of quaternary nitrogens is 1. The number of allylic oxidation sites excluding steroid dienone is 6. The van der Waals surface area contributed by atoms with E-state index in [4.69, 9.17) is 18.9 Å². The number of ether oxygens (including phenoxy) is 4. The molecule has 0 rings (SSSR count). The first-order valence-electron chi connectivity index (χ1n) is 35.6. The summed E-state index contributed by atoms with van der Waals surface area (Å²) < 4.78 is 22.8. The second-order valence-corrected chi connectivity index (χ2v) is 25.5. The van der Waals surface area contributed by atoms with Crippen molar-refractivity contribution in [1.29, 1.82) is 0 Å². The predicted octanol–water partition coefficient (Wildman–Crippen LogP) is 20.6. The molecule has 0 aromatic carbocycles. The fraction of sp³-hybridized carbons (Fsp3) is 0.877. The fourth-order valence-electron chi connectivity index (χ4n) is 10.6. The van der Waals surface area contributed by atoms with Crippen LogP contribution in [0, 0.1) is 0 Å². The van der Waals surface area contributed by atoms with E-state index >= 15 is 0 Å². The van der Waals surface area contributed by atoms with E-state index in [2.05, 4.69) is 50.3 Å². The Labute approximate surface area is 509 Å². The highest BCUT2D eigenvalue weighted by Gasteiger charge is 2.22. The number of carboxylic acid groups (broad SMARTS) is 1. The molecule has 482 valence electrons. The number of unbranched alkanes of at least 4 members (excludes halogenated alkanes) is 46. The fourth-order valence-corrected chi connectivity index (χ4v) is 10.6. The van der Waals surface area contributed by atoms with Crippen LogP contribution in [0.2, 0.25) is 0 Å². The Morgan fingerprint density at radius 2 is 0.659 bits per heavy atom. The number of rotatable bonds is 67. The summed E-state index contributed by atoms with van der Waals surface area (Å²) in [6.07, 6.45) is 78.3. The number of carbonyl (C=O) groups excluding carboxylic acids is 3. The summed E-state index contributed by atoms with van der Waals surface area (Å²) >= 11 is 0. The van der Waals surface area contributed by atoms with Gasteiger partial charge in [-0.3, -0.25) is 9.59 Å². The average molecular weight is 1160 g/mol. The maximum atomic E-state index is 12.9. The number of nitrogens with zero attached hydrogens (tertiary/aromatic N) is 1. The van der Waals surface area contributed by atoms with Crippen LogP contribution in [0.25, 0.3) is 0 Å². The SMILES string of the molecule is CCCCCCC/C=C\C/C=C\CCCCCCCCCCCCCCCCCCCCCCCCCCCCCCCC(=O)OC(COC(=O)CCCCCCC/C=C\CCCCCCCCC)COC(OCC[N+](C)(C)C)C(=O)[O-]. The number of aliphatic carboxylic acids is 1. The highest BCUT2D eigenvalue weighted by molar-refractivity contribution is 5.70. The molecule has 0 amide bonds. The molecular formula is C73H137NO8. The van der Waals surface area contributed by atoms with Crippen LogP contribution in [0.3, 0.4) is 0 Å². The lowest BCUT2D eigenvalue weighted by Crippen LogP contribution is -2.44. The zero-order valence-electron chi connectivity index (χ0n) is 55.1. The molecule has 2 unspecified atom stereocenters. The number of esters is 2. The second-order valence-electron chi connectivity index (χ2n) is 25.5. The Kier molecular flexibility index (Phi) is 62.5. The predicted molar refractivity (Wildman–Crippen MR) is 348 cm³/mol. The molecular weight excluding hydrogens is 1020 g/mol. The van der Waals surface area contributed by atoms with Crippen molar-refractivity contribution in [2.45, 2.75) is 367 Å². The van der Waals surface area contributed by atoms with Gasteiger partial charge in [0.2, 0.25) is 0 Å². The lowest BCUT2D eigenvalue weighted by Gasteiger charge is -2.26. The quantitative estimate of drug-likeness (QED) is 0.0195. The molecule has 0 aliphatic carbocycles. The molecule has 0 saturated heterocycles. The molecule has 0 saturated carbocycles. The molecule has 0 aromatic rings. The normalized spacial score (nSPS) is 12.8. The summed E-state index contributed by atoms with van der Waals surface area (Å²) in [6, 6.07) is 0. The molecule has 0 bridgehead atoms. The van der Waals surface area contributed by atoms with Gasteiger partial charge in [-0.15, -0.1) is 0 Å². The molecule has 0 N–H and O–H groups in total. The van der Waals surface area contributed by atoms with Crippen molar-refractivity contribution in [3.8, 4) is 0 Å². The van der Waals surface area contributed by atoms with E-state index in [1.807, 2.05) is 21.1 Å². The molecule has 0 heterocycles. The van der Waals surface area contributed by atoms with Crippen LogP contribution >= 0.6 is 0 Å². The molecule has 0 aromatic heterocycles. The summed E-state index contributed by atoms with van der Waals surface area (Å²) in [5.74, 6) is -2.27. The van der Waals surface area contributed by atoms with Gasteiger partial charge in [-0.2, -0.15) is 0 Å². The Morgan fingerprint density at radius 1 is 0.366 bits per heavy atom. The number of hydrogen-bond donors (Lipinski definition) is 0. The molecule has 9 nitrogen and oxygen atoms in total. The van der Waals surface area contributed by atoms with E-state index in [0.717, 1.165) is 64.2 Å². The average Bonchev–Trinajstić information content (AvgIpc) is 3.45. The highest BCUT2D eigenvalue weighted by Crippen LogP contribution is 2.19. The van der Waals surface area contributed by atoms with Crippen LogP contribution in [0.1, 0.15) is 354 Å². The van der Waals surface area contributed by atoms with Gasteiger partial charge in [0.25, 0.3) is 0 Å². The van der Waals surface area contributed by atoms with Crippen molar-refractivity contribution in [3.63, 3.8) is 0 Å². The number of likely N-dealkylation sites (N-methyl/N-ethyl adjacent to an activating group) is 1. The largest absolute Gasteiger partial charge is 0.545 e. The Hall–Kier alpha value is -2.49. The van der Waals surface area contributed by atoms with Gasteiger partial charge in [0, 0.05) is 12.8 Å². The molecule has 0 radical (unpaired) electrons. The summed E-state index contributed by atoms with van der Waals surface area (Å²) in [7, 11) is 5.94. The molecule has 82 heavy (non-hydrogen) atoms. The van der Waals surface area contributed by atoms with Crippen molar-refractivity contribution >= 4 is 17.9 Å². The summed E-state index contributed by atoms with van der Waals surface area (Å²) in [5, 5.41) is 11.8. The molecule has 0 spiro atoms. The molecule has 0 aliphatic heterocycles. The van der Waals surface area contributed by atoms with Crippen LogP contribution in [-0.2, 0) is 33.3 Å². The van der Waals surface area contributed by atoms with Gasteiger partial charge < -0.3 is 33.3 Å². The molecule has 0 aliphatic rings. The lowest BCUT2D eigenvalue weighted by atomic mass is 10.0. The topological polar surface area (TPSA) is 111 Å². The zero-order valence-corrected chi connectivity index (χ0v) is 55.1. The van der Waals surface area contributed by atoms with Crippen molar-refractivity contribution in [2.75, 3.05) is 47.5 Å². The monoisotopic (exact) mass is 1160 g/mol. The Balaban J connectivity index is 3.90. The van der Waals surface area contributed by atoms with Gasteiger partial charge in [-0.05, 0) is 70.6 Å². The summed E-state index contributed by atoms with van der Waals surface area (Å²) in [4.78, 5) is 37.4. The van der Waals surface area contributed by atoms with Crippen LogP contribution in [0.15, 0.2) is 36.5 Å². The van der Waals surface area contributed by atoms with Gasteiger partial charge in [0.1, 0.15) is 13.2 Å². The van der Waals surface area contributed by atoms with E-state index in [9.17, 15) is 19.5 Å². The second kappa shape index (κ2) is 64.5. The van der Waals surface area contributed by atoms with E-state index in [0.29, 0.717) is 11.0 Å². The Bertz CT molecular complexity index is 1440. The lowest BCUT2D eigenvalue weighted by molar-refractivity contribution is -0.870. The van der Waals surface area contributed by atoms with Crippen LogP contribution < -0.4 is 5.11 Å². The van der Waals surface area contributed by atoms with Gasteiger partial charge in [0.15, 0.2) is 12.4 Å². The van der Waals surface area contributed by atoms with Gasteiger partial charge in [0.05, 0.1) is 40.3 Å². The summed E-state index contributed by atoms with van der Waals surface area (Å²) in [5.41, 5.74) is 0. The minimum absolute atomic E-state index is 0.149. The minimum atomic E-state index is -1.62. The Morgan fingerprint density at radius 3 is 0.976 bits per heavy atom. The first kappa shape index (κ1) is 79.5. The first-order chi connectivity index (χ1) is 40.1. The first-order valence-corrected chi connectivity index (χ1v) is 35.6. The van der Waals surface area contributed by atoms with Crippen LogP contribution in [0.5, 0.6) is 0 Å². The standard InChI is InChI=1S/C73H137NO8/c1-6-8-10-12-14-16-18-20-22-24-25-26-27-28-29-30-31-32-33-34-35-36-37-38-39-40-41-42-43-44-45-46-47-48-50-52-54-56-58-60-62-64-71(76)82-69(68-81-73(72(77)78)79-66-65-74(3,4)5)67-80-70(75)63-61-59-57-55-53-51-49-23-21-19-17-15-13-11-9-7-2/h18,20,23-25,49,69,73H,6-17,19,21-22,26-48,50-68H2,1-5H3/b20-18-,25-24-,49-23-. The highest BCUT2D eigenvalue weighted by atomic mass is 16.7. The van der Waals surface area contributed by atoms with E-state index < -0.39 is 24.3 Å². The molecule has 2 atom stereocenters. The molecule has 9 heteroatoms. The molecule has 0 fully saturated rings. The van der Waals surface area contributed by atoms with Crippen molar-refractivity contribution in [2.24, 2.45) is 0 Å². The zero-order chi connectivity index (χ0) is 59.8. The van der Waals surface area contributed by atoms with E-state index in [1.54, 1.807) is 0 Å². The number of hydrogen-bond acceptors (Lipinski definition) is 8. The number of carboxylic acids is 1. The maximum Gasteiger partial charge on any atom is 0.306 e. The van der Waals surface area contributed by atoms with Gasteiger partial charge in [-0.25, -0.2) is 0 Å². The van der Waals surface area contributed by atoms with Crippen molar-refractivity contribution in [3.05, 3.63) is 36.5 Å². The van der Waals surface area contributed by atoms with Gasteiger partial charge in [-0.1, -0.05) is 307 Å².